The van der Waals surface area contributed by atoms with Crippen molar-refractivity contribution in [2.45, 2.75) is 174 Å². The third kappa shape index (κ3) is 6.41. The lowest BCUT2D eigenvalue weighted by molar-refractivity contribution is -0.404. The summed E-state index contributed by atoms with van der Waals surface area (Å²) >= 11 is 0. The van der Waals surface area contributed by atoms with Crippen molar-refractivity contribution in [3.8, 4) is 0 Å². The molecule has 4 unspecified atom stereocenters. The first kappa shape index (κ1) is 43.5. The molecule has 6 fully saturated rings. The highest BCUT2D eigenvalue weighted by molar-refractivity contribution is 5.95. The Morgan fingerprint density at radius 2 is 1.31 bits per heavy atom. The van der Waals surface area contributed by atoms with Gasteiger partial charge in [0.2, 0.25) is 12.6 Å². The molecular weight excluding hydrogens is 760 g/mol. The average Bonchev–Trinajstić information content (AvgIpc) is 3.15. The fraction of sp³-hybridized carbons (Fsp3) is 0.857. The highest BCUT2D eigenvalue weighted by Gasteiger charge is 2.71. The van der Waals surface area contributed by atoms with Gasteiger partial charge in [-0.2, -0.15) is 0 Å². The molecular formula is C42H62O16. The van der Waals surface area contributed by atoms with Crippen molar-refractivity contribution < 1.29 is 78.2 Å². The molecule has 0 aromatic rings. The molecule has 16 nitrogen and oxygen atoms in total. The van der Waals surface area contributed by atoms with Gasteiger partial charge in [-0.25, -0.2) is 0 Å². The molecule has 2 saturated heterocycles. The summed E-state index contributed by atoms with van der Waals surface area (Å²) in [4.78, 5) is 49.8. The molecule has 326 valence electrons. The number of carbonyl (C=O) groups is 4. The van der Waals surface area contributed by atoms with Gasteiger partial charge in [0.05, 0.1) is 11.5 Å². The number of ketones is 1. The lowest BCUT2D eigenvalue weighted by atomic mass is 9.33. The van der Waals surface area contributed by atoms with Gasteiger partial charge in [0.1, 0.15) is 36.6 Å². The minimum absolute atomic E-state index is 0.00244. The van der Waals surface area contributed by atoms with E-state index >= 15 is 0 Å². The number of aliphatic hydroxyl groups excluding tert-OH is 5. The molecule has 0 amide bonds. The number of aliphatic hydroxyl groups is 5. The van der Waals surface area contributed by atoms with Gasteiger partial charge >= 0.3 is 5.97 Å². The second kappa shape index (κ2) is 14.8. The molecule has 6 N–H and O–H groups in total. The zero-order valence-electron chi connectivity index (χ0n) is 34.4. The number of hydrogen-bond donors (Lipinski definition) is 6. The quantitative estimate of drug-likeness (QED) is 0.144. The minimum Gasteiger partial charge on any atom is -0.481 e. The number of ether oxygens (including phenoxy) is 6. The number of allylic oxidation sites excluding steroid dienone is 2. The Labute approximate surface area is 338 Å². The summed E-state index contributed by atoms with van der Waals surface area (Å²) in [7, 11) is 0. The molecule has 2 aliphatic heterocycles. The van der Waals surface area contributed by atoms with Crippen LogP contribution in [0.2, 0.25) is 0 Å². The number of fused-ring (bicyclic) bond motifs is 7. The van der Waals surface area contributed by atoms with Gasteiger partial charge in [0.15, 0.2) is 18.4 Å². The Bertz CT molecular complexity index is 1670. The maximum atomic E-state index is 14.9. The summed E-state index contributed by atoms with van der Waals surface area (Å²) in [5.74, 6) is -1.05. The molecule has 19 atom stereocenters. The molecule has 0 radical (unpaired) electrons. The van der Waals surface area contributed by atoms with E-state index in [4.69, 9.17) is 28.4 Å². The van der Waals surface area contributed by atoms with Gasteiger partial charge in [-0.15, -0.1) is 0 Å². The van der Waals surface area contributed by atoms with E-state index in [9.17, 15) is 49.8 Å². The highest BCUT2D eigenvalue weighted by Crippen LogP contribution is 2.75. The Hall–Kier alpha value is -2.54. The molecule has 58 heavy (non-hydrogen) atoms. The lowest BCUT2D eigenvalue weighted by Crippen LogP contribution is -2.68. The first-order chi connectivity index (χ1) is 27.0. The van der Waals surface area contributed by atoms with Crippen LogP contribution in [0, 0.1) is 50.2 Å². The average molecular weight is 823 g/mol. The predicted molar refractivity (Wildman–Crippen MR) is 198 cm³/mol. The third-order valence-electron chi connectivity index (χ3n) is 17.0. The zero-order chi connectivity index (χ0) is 42.5. The van der Waals surface area contributed by atoms with Crippen LogP contribution in [0.1, 0.15) is 106 Å². The topological polar surface area (TPSA) is 245 Å². The van der Waals surface area contributed by atoms with E-state index in [1.807, 2.05) is 13.0 Å². The van der Waals surface area contributed by atoms with Crippen LogP contribution in [0.25, 0.3) is 0 Å². The van der Waals surface area contributed by atoms with Crippen LogP contribution in [0.4, 0.5) is 0 Å². The Kier molecular flexibility index (Phi) is 11.1. The summed E-state index contributed by atoms with van der Waals surface area (Å²) in [5.41, 5.74) is -1.59. The number of aliphatic carboxylic acids is 1. The van der Waals surface area contributed by atoms with Gasteiger partial charge in [-0.05, 0) is 110 Å². The van der Waals surface area contributed by atoms with Crippen molar-refractivity contribution >= 4 is 24.7 Å². The van der Waals surface area contributed by atoms with Crippen molar-refractivity contribution in [2.24, 2.45) is 50.2 Å². The highest BCUT2D eigenvalue weighted by atomic mass is 16.8. The van der Waals surface area contributed by atoms with Gasteiger partial charge < -0.3 is 59.1 Å². The Morgan fingerprint density at radius 1 is 0.724 bits per heavy atom. The normalized spacial score (nSPS) is 52.4. The fourth-order valence-electron chi connectivity index (χ4n) is 13.2. The second-order valence-electron chi connectivity index (χ2n) is 20.3. The molecule has 0 aromatic carbocycles. The van der Waals surface area contributed by atoms with E-state index in [1.54, 1.807) is 0 Å². The predicted octanol–water partition coefficient (Wildman–Crippen LogP) is 2.34. The largest absolute Gasteiger partial charge is 0.481 e. The summed E-state index contributed by atoms with van der Waals surface area (Å²) in [6.45, 7) is 15.1. The number of rotatable bonds is 9. The van der Waals surface area contributed by atoms with Crippen molar-refractivity contribution in [2.75, 3.05) is 0 Å². The van der Waals surface area contributed by atoms with Gasteiger partial charge in [0, 0.05) is 5.92 Å². The molecule has 0 bridgehead atoms. The molecule has 16 heteroatoms. The standard InChI is InChI=1S/C42H62O16/c1-37(2)23-8-11-42(7)31(22(45)16-20-21-17-39(4,36(51)52)13-12-38(21,3)14-15-41(20,42)6)40(23,5)10-9-24(37)55-35-30(26(47)29(50)33(58-35)54-19-44)56-34-28(49)25(46)27(48)32(57-34)53-18-43/h16,18-19,21,23-35,46-50H,8-15,17H2,1-7H3,(H,51,52)/t21-,23-,24-,25-,26-,27-,28?,29-,30?,31+,32?,33?,34+,35-,38+,39-,40-,41+,42+/m0/s1. The molecule has 7 aliphatic rings. The van der Waals surface area contributed by atoms with Crippen LogP contribution in [0.15, 0.2) is 11.6 Å². The number of carboxylic acids is 1. The van der Waals surface area contributed by atoms with Crippen molar-refractivity contribution in [3.63, 3.8) is 0 Å². The number of carbonyl (C=O) groups excluding carboxylic acids is 3. The fourth-order valence-corrected chi connectivity index (χ4v) is 13.2. The van der Waals surface area contributed by atoms with Gasteiger partial charge in [-0.1, -0.05) is 47.1 Å². The Morgan fingerprint density at radius 3 is 1.93 bits per heavy atom. The second-order valence-corrected chi connectivity index (χ2v) is 20.3. The van der Waals surface area contributed by atoms with E-state index in [2.05, 4.69) is 41.5 Å². The van der Waals surface area contributed by atoms with Gasteiger partial charge in [-0.3, -0.25) is 19.2 Å². The number of carboxylic acid groups (broad SMARTS) is 1. The van der Waals surface area contributed by atoms with Crippen LogP contribution in [-0.4, -0.2) is 123 Å². The first-order valence-electron chi connectivity index (χ1n) is 20.7. The maximum Gasteiger partial charge on any atom is 0.309 e. The van der Waals surface area contributed by atoms with E-state index in [-0.39, 0.29) is 47.3 Å². The molecule has 0 aromatic heterocycles. The van der Waals surface area contributed by atoms with Crippen LogP contribution in [-0.2, 0) is 47.6 Å². The number of hydrogen-bond acceptors (Lipinski definition) is 15. The third-order valence-corrected chi connectivity index (χ3v) is 17.0. The van der Waals surface area contributed by atoms with Crippen molar-refractivity contribution in [1.29, 1.82) is 0 Å². The van der Waals surface area contributed by atoms with E-state index in [0.29, 0.717) is 25.7 Å². The van der Waals surface area contributed by atoms with Gasteiger partial charge in [0.25, 0.3) is 12.9 Å². The van der Waals surface area contributed by atoms with Crippen molar-refractivity contribution in [1.82, 2.24) is 0 Å². The van der Waals surface area contributed by atoms with E-state index in [1.165, 1.54) is 0 Å². The molecule has 0 spiro atoms. The molecule has 2 heterocycles. The summed E-state index contributed by atoms with van der Waals surface area (Å²) in [6.07, 6.45) is -10.0. The molecule has 5 aliphatic carbocycles. The first-order valence-corrected chi connectivity index (χ1v) is 20.7. The van der Waals surface area contributed by atoms with Crippen LogP contribution in [0.5, 0.6) is 0 Å². The van der Waals surface area contributed by atoms with E-state index in [0.717, 1.165) is 37.7 Å². The lowest BCUT2D eigenvalue weighted by Gasteiger charge is -2.70. The summed E-state index contributed by atoms with van der Waals surface area (Å²) < 4.78 is 33.5. The van der Waals surface area contributed by atoms with Crippen molar-refractivity contribution in [3.05, 3.63) is 11.6 Å². The van der Waals surface area contributed by atoms with Crippen LogP contribution < -0.4 is 0 Å². The SMILES string of the molecule is CC1(C)[C@@H](O[C@H]2OC(OC=O)[C@@H](O)[C@H](O)C2O[C@@H]2OC(OC=O)[C@@H](O)[C@H](O)C2O)CC[C@]2(C)[C@H]3C(=O)C=C4[C@@H]5C[C@@](C)(C(=O)O)CC[C@]5(C)CC[C@@]4(C)[C@]3(C)CC[C@@H]12. The van der Waals surface area contributed by atoms with E-state index < -0.39 is 95.5 Å². The van der Waals surface area contributed by atoms with Crippen LogP contribution >= 0.6 is 0 Å². The zero-order valence-corrected chi connectivity index (χ0v) is 34.4. The molecule has 4 saturated carbocycles. The monoisotopic (exact) mass is 822 g/mol. The summed E-state index contributed by atoms with van der Waals surface area (Å²) in [5, 5.41) is 63.9. The minimum atomic E-state index is -1.90. The Balaban J connectivity index is 1.17. The maximum absolute atomic E-state index is 14.9. The molecule has 7 rings (SSSR count). The summed E-state index contributed by atoms with van der Waals surface area (Å²) in [6, 6.07) is 0. The van der Waals surface area contributed by atoms with Crippen LogP contribution in [0.3, 0.4) is 0 Å². The smallest absolute Gasteiger partial charge is 0.309 e.